The number of carbonyl (C=O) groups is 2. The van der Waals surface area contributed by atoms with Crippen LogP contribution in [0.15, 0.2) is 156 Å². The molecular formula is C65H71N6O3+. The van der Waals surface area contributed by atoms with Crippen LogP contribution in [-0.4, -0.2) is 64.2 Å². The molecule has 1 heterocycles. The first-order valence-corrected chi connectivity index (χ1v) is 26.6. The maximum atomic E-state index is 12.2. The van der Waals surface area contributed by atoms with Crippen molar-refractivity contribution >= 4 is 82.5 Å². The van der Waals surface area contributed by atoms with E-state index < -0.39 is 0 Å². The normalized spacial score (nSPS) is 11.5. The highest BCUT2D eigenvalue weighted by atomic mass is 16.3. The number of hydrogen-bond donors (Lipinski definition) is 4. The van der Waals surface area contributed by atoms with Gasteiger partial charge in [-0.2, -0.15) is 0 Å². The molecule has 9 aromatic rings. The van der Waals surface area contributed by atoms with Crippen molar-refractivity contribution in [1.29, 1.82) is 0 Å². The van der Waals surface area contributed by atoms with Crippen LogP contribution in [0.4, 0.5) is 5.69 Å². The number of benzene rings is 8. The molecule has 0 aliphatic carbocycles. The van der Waals surface area contributed by atoms with Crippen LogP contribution in [-0.2, 0) is 22.7 Å². The van der Waals surface area contributed by atoms with Crippen LogP contribution in [0.2, 0.25) is 0 Å². The van der Waals surface area contributed by atoms with Crippen molar-refractivity contribution in [2.75, 3.05) is 57.3 Å². The highest BCUT2D eigenvalue weighted by Gasteiger charge is 2.20. The van der Waals surface area contributed by atoms with Gasteiger partial charge in [0.05, 0.1) is 0 Å². The van der Waals surface area contributed by atoms with Crippen LogP contribution in [0.5, 0.6) is 0 Å². The van der Waals surface area contributed by atoms with Gasteiger partial charge in [0.25, 0.3) is 0 Å². The van der Waals surface area contributed by atoms with E-state index in [0.29, 0.717) is 37.3 Å². The zero-order valence-corrected chi connectivity index (χ0v) is 44.1. The highest BCUT2D eigenvalue weighted by Crippen LogP contribution is 2.43. The van der Waals surface area contributed by atoms with Gasteiger partial charge >= 0.3 is 0 Å². The van der Waals surface area contributed by atoms with E-state index in [1.807, 2.05) is 0 Å². The Morgan fingerprint density at radius 2 is 1.00 bits per heavy atom. The lowest BCUT2D eigenvalue weighted by molar-refractivity contribution is -0.118. The fourth-order valence-electron chi connectivity index (χ4n) is 10.6. The molecule has 0 saturated carbocycles. The predicted octanol–water partition coefficient (Wildman–Crippen LogP) is 12.5. The number of fused-ring (bicyclic) bond motifs is 8. The summed E-state index contributed by atoms with van der Waals surface area (Å²) in [7, 11) is 0. The fraction of sp³-hybridized carbons (Fsp3) is 0.277. The maximum Gasteiger partial charge on any atom is 0.246 e. The smallest absolute Gasteiger partial charge is 0.246 e. The zero-order valence-electron chi connectivity index (χ0n) is 44.1. The van der Waals surface area contributed by atoms with Gasteiger partial charge in [-0.05, 0) is 170 Å². The van der Waals surface area contributed by atoms with Crippen LogP contribution in [0.1, 0.15) is 65.5 Å². The minimum Gasteiger partial charge on any atom is -0.455 e. The second-order valence-corrected chi connectivity index (χ2v) is 19.5. The van der Waals surface area contributed by atoms with Gasteiger partial charge in [-0.1, -0.05) is 86.0 Å². The topological polar surface area (TPSA) is 102 Å². The Bertz CT molecular complexity index is 3670. The van der Waals surface area contributed by atoms with Gasteiger partial charge in [-0.3, -0.25) is 9.59 Å². The van der Waals surface area contributed by atoms with Crippen LogP contribution < -0.4 is 36.1 Å². The third kappa shape index (κ3) is 10.6. The second-order valence-electron chi connectivity index (χ2n) is 19.5. The van der Waals surface area contributed by atoms with Crippen molar-refractivity contribution in [3.05, 3.63) is 168 Å². The van der Waals surface area contributed by atoms with Crippen LogP contribution in [0.3, 0.4) is 0 Å². The number of nitrogens with zero attached hydrogens (tertiary/aromatic N) is 2. The maximum absolute atomic E-state index is 12.2. The number of amides is 2. The minimum atomic E-state index is -0.111. The average molecular weight is 984 g/mol. The van der Waals surface area contributed by atoms with Crippen LogP contribution in [0.25, 0.3) is 87.3 Å². The molecule has 8 aromatic carbocycles. The highest BCUT2D eigenvalue weighted by molar-refractivity contribution is 6.19. The van der Waals surface area contributed by atoms with Gasteiger partial charge in [-0.15, -0.1) is 0 Å². The molecule has 0 saturated heterocycles. The Morgan fingerprint density at radius 1 is 0.514 bits per heavy atom. The number of rotatable bonds is 21. The first kappa shape index (κ1) is 51.3. The molecule has 0 aliphatic heterocycles. The first-order valence-electron chi connectivity index (χ1n) is 26.6. The first-order chi connectivity index (χ1) is 36.0. The summed E-state index contributed by atoms with van der Waals surface area (Å²) >= 11 is 0. The lowest BCUT2D eigenvalue weighted by Gasteiger charge is -2.21. The molecule has 378 valence electrons. The number of anilines is 1. The van der Waals surface area contributed by atoms with Crippen molar-refractivity contribution in [3.63, 3.8) is 0 Å². The van der Waals surface area contributed by atoms with E-state index in [0.717, 1.165) is 118 Å². The van der Waals surface area contributed by atoms with Crippen LogP contribution in [0, 0.1) is 0 Å². The van der Waals surface area contributed by atoms with E-state index in [2.05, 4.69) is 199 Å². The Labute approximate surface area is 435 Å². The number of nitrogens with one attached hydrogen (secondary N) is 4. The van der Waals surface area contributed by atoms with E-state index in [1.54, 1.807) is 13.8 Å². The summed E-state index contributed by atoms with van der Waals surface area (Å²) in [6.45, 7) is 27.6. The lowest BCUT2D eigenvalue weighted by atomic mass is 9.89. The van der Waals surface area contributed by atoms with E-state index in [-0.39, 0.29) is 11.8 Å². The standard InChI is InChI=1S/C65H70N6O3/c1-9-70(10-2)49-26-31-51-47(37-49)24-29-56-61(57-30-25-48-38-50(71(11-3)12-4)27-32-52(48)63(57)74-62(51)56)45-21-19-44(20-22-45)46-23-28-55-58(39-46)60(41-67-34-16-36-69-65(73)43(7)8)54-18-14-13-17-53(54)59(55)40-66-33-15-35-68-64(72)42(5)6/h13-14,17-32,37-39,66-67H,5,7,9-12,15-16,33-36,40-41H2,1-4,6,8H3,(H-,68,69,72,73)/p+1. The van der Waals surface area contributed by atoms with Crippen molar-refractivity contribution in [2.45, 2.75) is 67.5 Å². The molecule has 0 aliphatic rings. The van der Waals surface area contributed by atoms with Gasteiger partial charge in [0.2, 0.25) is 17.2 Å². The molecule has 0 bridgehead atoms. The number of carbonyl (C=O) groups excluding carboxylic acids is 2. The third-order valence-electron chi connectivity index (χ3n) is 14.7. The second kappa shape index (κ2) is 23.1. The SMILES string of the molecule is C=C(C)C(=O)NCCCNCc1c2ccccc2c(CNCCCNC(=O)C(=C)C)c2cc(-c3ccc(-c4c5ccc6cc(N(CC)CC)ccc6c5oc5c4ccc4cc(=[N+](CC)CC)ccc45)cc3)ccc12. The van der Waals surface area contributed by atoms with E-state index in [9.17, 15) is 9.59 Å². The van der Waals surface area contributed by atoms with Crippen LogP contribution >= 0.6 is 0 Å². The van der Waals surface area contributed by atoms with E-state index >= 15 is 0 Å². The molecular weight excluding hydrogens is 913 g/mol. The van der Waals surface area contributed by atoms with Gasteiger partial charge < -0.3 is 30.6 Å². The van der Waals surface area contributed by atoms with E-state index in [1.165, 1.54) is 43.7 Å². The van der Waals surface area contributed by atoms with Crippen molar-refractivity contribution in [3.8, 4) is 22.3 Å². The summed E-state index contributed by atoms with van der Waals surface area (Å²) in [5.41, 5.74) is 11.1. The zero-order chi connectivity index (χ0) is 51.9. The molecule has 9 heteroatoms. The Balaban J connectivity index is 1.13. The van der Waals surface area contributed by atoms with Gasteiger partial charge in [-0.25, -0.2) is 4.58 Å². The van der Waals surface area contributed by atoms with Gasteiger partial charge in [0.15, 0.2) is 0 Å². The Hall–Kier alpha value is -7.59. The molecule has 1 aromatic heterocycles. The Kier molecular flexibility index (Phi) is 16.0. The van der Waals surface area contributed by atoms with Crippen molar-refractivity contribution in [2.24, 2.45) is 0 Å². The lowest BCUT2D eigenvalue weighted by Crippen LogP contribution is -2.29. The largest absolute Gasteiger partial charge is 0.455 e. The van der Waals surface area contributed by atoms with Gasteiger partial charge in [0, 0.05) is 95.3 Å². The Morgan fingerprint density at radius 3 is 1.55 bits per heavy atom. The summed E-state index contributed by atoms with van der Waals surface area (Å²) in [6.07, 6.45) is 1.60. The molecule has 0 radical (unpaired) electrons. The summed E-state index contributed by atoms with van der Waals surface area (Å²) in [5.74, 6) is -0.219. The molecule has 4 N–H and O–H groups in total. The molecule has 0 spiro atoms. The summed E-state index contributed by atoms with van der Waals surface area (Å²) in [5, 5.41) is 26.0. The predicted molar refractivity (Wildman–Crippen MR) is 313 cm³/mol. The summed E-state index contributed by atoms with van der Waals surface area (Å²) < 4.78 is 9.56. The molecule has 0 unspecified atom stereocenters. The molecule has 9 rings (SSSR count). The fourth-order valence-corrected chi connectivity index (χ4v) is 10.6. The van der Waals surface area contributed by atoms with Gasteiger partial charge in [0.1, 0.15) is 24.3 Å². The third-order valence-corrected chi connectivity index (χ3v) is 14.7. The number of hydrogen-bond acceptors (Lipinski definition) is 6. The molecule has 2 amide bonds. The van der Waals surface area contributed by atoms with Crippen molar-refractivity contribution in [1.82, 2.24) is 25.8 Å². The molecule has 9 nitrogen and oxygen atoms in total. The molecule has 74 heavy (non-hydrogen) atoms. The minimum absolute atomic E-state index is 0.108. The van der Waals surface area contributed by atoms with Crippen molar-refractivity contribution < 1.29 is 14.0 Å². The molecule has 0 fully saturated rings. The average Bonchev–Trinajstić information content (AvgIpc) is 3.43. The quantitative estimate of drug-likeness (QED) is 0.0188. The summed E-state index contributed by atoms with van der Waals surface area (Å²) in [4.78, 5) is 26.6. The monoisotopic (exact) mass is 984 g/mol. The molecule has 0 atom stereocenters. The summed E-state index contributed by atoms with van der Waals surface area (Å²) in [6, 6.07) is 47.2. The van der Waals surface area contributed by atoms with E-state index in [4.69, 9.17) is 4.42 Å².